The van der Waals surface area contributed by atoms with Crippen LogP contribution in [-0.4, -0.2) is 40.1 Å². The van der Waals surface area contributed by atoms with E-state index in [9.17, 15) is 18.4 Å². The molecule has 2 aromatic carbocycles. The molecule has 0 radical (unpaired) electrons. The van der Waals surface area contributed by atoms with Gasteiger partial charge in [0, 0.05) is 41.8 Å². The van der Waals surface area contributed by atoms with Crippen LogP contribution in [0.25, 0.3) is 34.0 Å². The van der Waals surface area contributed by atoms with Gasteiger partial charge < -0.3 is 9.32 Å². The fraction of sp³-hybridized carbons (Fsp3) is 0.241. The van der Waals surface area contributed by atoms with Crippen LogP contribution in [0, 0.1) is 18.3 Å². The molecule has 4 aromatic rings. The molecule has 0 N–H and O–H groups in total. The number of aryl methyl sites for hydroxylation is 1. The van der Waals surface area contributed by atoms with Gasteiger partial charge in [0.15, 0.2) is 5.78 Å². The Labute approximate surface area is 211 Å². The Morgan fingerprint density at radius 1 is 1.14 bits per heavy atom. The quantitative estimate of drug-likeness (QED) is 0.233. The van der Waals surface area contributed by atoms with E-state index in [1.54, 1.807) is 18.4 Å². The lowest BCUT2D eigenvalue weighted by molar-refractivity contribution is -0.132. The topological polar surface area (TPSA) is 87.2 Å². The summed E-state index contributed by atoms with van der Waals surface area (Å²) < 4.78 is 32.9. The summed E-state index contributed by atoms with van der Waals surface area (Å²) >= 11 is 0. The van der Waals surface area contributed by atoms with Crippen molar-refractivity contribution in [3.8, 4) is 6.07 Å². The van der Waals surface area contributed by atoms with Gasteiger partial charge in [0.1, 0.15) is 11.6 Å². The van der Waals surface area contributed by atoms with E-state index in [-0.39, 0.29) is 18.6 Å². The van der Waals surface area contributed by atoms with Gasteiger partial charge in [-0.25, -0.2) is 8.78 Å². The maximum atomic E-state index is 13.7. The average Bonchev–Trinajstić information content (AvgIpc) is 3.43. The second-order valence-corrected chi connectivity index (χ2v) is 9.29. The zero-order chi connectivity index (χ0) is 26.2. The van der Waals surface area contributed by atoms with Gasteiger partial charge in [0.05, 0.1) is 24.4 Å². The predicted octanol–water partition coefficient (Wildman–Crippen LogP) is 6.18. The molecule has 0 spiro atoms. The van der Waals surface area contributed by atoms with E-state index in [0.717, 1.165) is 32.6 Å². The Bertz CT molecular complexity index is 1600. The number of amides is 1. The Morgan fingerprint density at radius 2 is 1.89 bits per heavy atom. The van der Waals surface area contributed by atoms with Crippen molar-refractivity contribution in [1.29, 1.82) is 5.26 Å². The van der Waals surface area contributed by atoms with Crippen LogP contribution in [0.15, 0.2) is 59.3 Å². The molecule has 5 rings (SSSR count). The summed E-state index contributed by atoms with van der Waals surface area (Å²) in [5, 5.41) is 10.8. The van der Waals surface area contributed by atoms with Crippen LogP contribution in [0.5, 0.6) is 0 Å². The molecular weight excluding hydrogens is 476 g/mol. The van der Waals surface area contributed by atoms with Crippen LogP contribution in [0.4, 0.5) is 8.78 Å². The minimum Gasteiger partial charge on any atom is -0.464 e. The fourth-order valence-electron chi connectivity index (χ4n) is 4.68. The number of carbonyl (C=O) groups excluding carboxylic acids is 2. The number of ketones is 1. The molecule has 8 heteroatoms. The monoisotopic (exact) mass is 499 g/mol. The minimum absolute atomic E-state index is 0.152. The Balaban J connectivity index is 1.33. The number of rotatable bonds is 6. The Hall–Kier alpha value is -4.38. The number of alkyl halides is 2. The summed E-state index contributed by atoms with van der Waals surface area (Å²) in [5.74, 6) is -4.00. The number of fused-ring (bicyclic) bond motifs is 2. The van der Waals surface area contributed by atoms with E-state index in [1.807, 2.05) is 55.5 Å². The second-order valence-electron chi connectivity index (χ2n) is 9.29. The van der Waals surface area contributed by atoms with Crippen molar-refractivity contribution in [1.82, 2.24) is 9.88 Å². The summed E-state index contributed by atoms with van der Waals surface area (Å²) in [6.07, 6.45) is 6.06. The molecule has 0 unspecified atom stereocenters. The van der Waals surface area contributed by atoms with Gasteiger partial charge in [-0.1, -0.05) is 30.4 Å². The molecule has 186 valence electrons. The maximum absolute atomic E-state index is 13.7. The molecule has 0 aliphatic carbocycles. The first kappa shape index (κ1) is 24.3. The minimum atomic E-state index is -3.09. The van der Waals surface area contributed by atoms with E-state index in [2.05, 4.69) is 4.98 Å². The second kappa shape index (κ2) is 9.58. The molecule has 6 nitrogen and oxygen atoms in total. The summed E-state index contributed by atoms with van der Waals surface area (Å²) in [7, 11) is 0. The molecule has 2 aromatic heterocycles. The number of hydrogen-bond donors (Lipinski definition) is 0. The fourth-order valence-corrected chi connectivity index (χ4v) is 4.68. The third-order valence-corrected chi connectivity index (χ3v) is 6.63. The number of benzene rings is 2. The van der Waals surface area contributed by atoms with Gasteiger partial charge in [0.25, 0.3) is 5.92 Å². The zero-order valence-corrected chi connectivity index (χ0v) is 20.1. The molecular formula is C29H23F2N3O3. The third kappa shape index (κ3) is 4.98. The van der Waals surface area contributed by atoms with Crippen LogP contribution in [0.1, 0.15) is 46.3 Å². The normalized spacial score (nSPS) is 17.0. The van der Waals surface area contributed by atoms with Gasteiger partial charge >= 0.3 is 0 Å². The van der Waals surface area contributed by atoms with Crippen molar-refractivity contribution in [3.63, 3.8) is 0 Å². The predicted molar refractivity (Wildman–Crippen MR) is 136 cm³/mol. The Kier molecular flexibility index (Phi) is 6.30. The van der Waals surface area contributed by atoms with Gasteiger partial charge in [-0.15, -0.1) is 0 Å². The third-order valence-electron chi connectivity index (χ3n) is 6.63. The molecule has 0 saturated carbocycles. The van der Waals surface area contributed by atoms with Crippen LogP contribution in [0.3, 0.4) is 0 Å². The number of likely N-dealkylation sites (tertiary alicyclic amines) is 1. The molecule has 3 heterocycles. The van der Waals surface area contributed by atoms with Gasteiger partial charge in [-0.2, -0.15) is 5.26 Å². The van der Waals surface area contributed by atoms with E-state index >= 15 is 0 Å². The zero-order valence-electron chi connectivity index (χ0n) is 20.1. The van der Waals surface area contributed by atoms with Gasteiger partial charge in [-0.05, 0) is 47.9 Å². The molecule has 1 aliphatic rings. The smallest absolute Gasteiger partial charge is 0.268 e. The lowest BCUT2D eigenvalue weighted by Gasteiger charge is -2.18. The van der Waals surface area contributed by atoms with Crippen molar-refractivity contribution in [3.05, 3.63) is 77.2 Å². The summed E-state index contributed by atoms with van der Waals surface area (Å²) in [6, 6.07) is 13.7. The number of halogens is 2. The Morgan fingerprint density at radius 3 is 2.68 bits per heavy atom. The number of carbonyl (C=O) groups is 2. The number of Topliss-reactive ketones (excluding diaryl/α,β-unsaturated/α-hetero) is 1. The largest absolute Gasteiger partial charge is 0.464 e. The molecule has 37 heavy (non-hydrogen) atoms. The highest BCUT2D eigenvalue weighted by Crippen LogP contribution is 2.32. The summed E-state index contributed by atoms with van der Waals surface area (Å²) in [4.78, 5) is 30.8. The maximum Gasteiger partial charge on any atom is 0.268 e. The highest BCUT2D eigenvalue weighted by Gasteiger charge is 2.47. The standard InChI is InChI=1S/C29H23F2N3O3/c1-18-16-37-27-13-20(4-6-22(18)27)3-2-19-5-7-25-24(12-19)23(10-11-33-25)26(35)8-9-28(36)34-17-29(30,31)14-21(34)15-32/h2-7,10-13,16,21H,8-9,14,17H2,1H3/b3-2+/t21-/m0/s1. The number of nitriles is 1. The first-order chi connectivity index (χ1) is 17.7. The van der Waals surface area contributed by atoms with Crippen molar-refractivity contribution >= 4 is 45.7 Å². The van der Waals surface area contributed by atoms with Crippen molar-refractivity contribution < 1.29 is 22.8 Å². The lowest BCUT2D eigenvalue weighted by atomic mass is 10.00. The van der Waals surface area contributed by atoms with E-state index < -0.39 is 30.8 Å². The number of nitrogens with zero attached hydrogens (tertiary/aromatic N) is 3. The van der Waals surface area contributed by atoms with E-state index in [4.69, 9.17) is 9.68 Å². The number of hydrogen-bond acceptors (Lipinski definition) is 5. The molecule has 1 amide bonds. The molecule has 1 atom stereocenters. The average molecular weight is 500 g/mol. The van der Waals surface area contributed by atoms with Gasteiger partial charge in [-0.3, -0.25) is 14.6 Å². The summed E-state index contributed by atoms with van der Waals surface area (Å²) in [5.41, 5.74) is 4.75. The van der Waals surface area contributed by atoms with Gasteiger partial charge in [0.2, 0.25) is 5.91 Å². The summed E-state index contributed by atoms with van der Waals surface area (Å²) in [6.45, 7) is 1.20. The van der Waals surface area contributed by atoms with Crippen LogP contribution >= 0.6 is 0 Å². The number of pyridine rings is 1. The van der Waals surface area contributed by atoms with Crippen molar-refractivity contribution in [2.45, 2.75) is 38.2 Å². The van der Waals surface area contributed by atoms with Crippen molar-refractivity contribution in [2.75, 3.05) is 6.54 Å². The highest BCUT2D eigenvalue weighted by atomic mass is 19.3. The lowest BCUT2D eigenvalue weighted by Crippen LogP contribution is -2.36. The van der Waals surface area contributed by atoms with Crippen LogP contribution < -0.4 is 0 Å². The molecule has 1 saturated heterocycles. The van der Waals surface area contributed by atoms with Crippen LogP contribution in [-0.2, 0) is 4.79 Å². The SMILES string of the molecule is Cc1coc2cc(/C=C/c3ccc4nccc(C(=O)CCC(=O)N5CC(F)(F)C[C@H]5C#N)c4c3)ccc12. The molecule has 0 bridgehead atoms. The van der Waals surface area contributed by atoms with E-state index in [1.165, 1.54) is 6.20 Å². The number of furan rings is 1. The van der Waals surface area contributed by atoms with E-state index in [0.29, 0.717) is 16.5 Å². The number of aromatic nitrogens is 1. The van der Waals surface area contributed by atoms with Crippen molar-refractivity contribution in [2.24, 2.45) is 0 Å². The highest BCUT2D eigenvalue weighted by molar-refractivity contribution is 6.08. The molecule has 1 fully saturated rings. The first-order valence-corrected chi connectivity index (χ1v) is 11.9. The van der Waals surface area contributed by atoms with Crippen LogP contribution in [0.2, 0.25) is 0 Å². The molecule has 1 aliphatic heterocycles. The first-order valence-electron chi connectivity index (χ1n) is 11.9.